The number of ether oxygens (including phenoxy) is 2. The second-order valence-electron chi connectivity index (χ2n) is 8.94. The first kappa shape index (κ1) is 26.9. The van der Waals surface area contributed by atoms with Gasteiger partial charge in [0.1, 0.15) is 23.2 Å². The third-order valence-electron chi connectivity index (χ3n) is 6.11. The van der Waals surface area contributed by atoms with Crippen molar-refractivity contribution >= 4 is 34.5 Å². The molecule has 1 unspecified atom stereocenters. The molecule has 0 spiro atoms. The van der Waals surface area contributed by atoms with E-state index in [1.54, 1.807) is 4.90 Å². The number of anilines is 1. The van der Waals surface area contributed by atoms with Gasteiger partial charge < -0.3 is 28.9 Å². The number of piperazine rings is 1. The zero-order chi connectivity index (χ0) is 27.7. The zero-order valence-electron chi connectivity index (χ0n) is 20.9. The molecule has 10 nitrogen and oxygen atoms in total. The van der Waals surface area contributed by atoms with Crippen LogP contribution in [0, 0.1) is 11.6 Å². The minimum atomic E-state index is -1.64. The van der Waals surface area contributed by atoms with Crippen LogP contribution in [0.25, 0.3) is 16.6 Å². The van der Waals surface area contributed by atoms with E-state index >= 15 is 8.78 Å². The largest absolute Gasteiger partial charge is 0.427 e. The molecular formula is C26H25F2N3O7. The van der Waals surface area contributed by atoms with E-state index in [2.05, 4.69) is 9.64 Å². The van der Waals surface area contributed by atoms with Gasteiger partial charge in [-0.3, -0.25) is 9.59 Å². The van der Waals surface area contributed by atoms with Crippen molar-refractivity contribution in [3.8, 4) is 11.4 Å². The third-order valence-corrected chi connectivity index (χ3v) is 6.11. The van der Waals surface area contributed by atoms with Crippen LogP contribution >= 0.6 is 0 Å². The summed E-state index contributed by atoms with van der Waals surface area (Å²) in [5, 5.41) is 9.11. The molecule has 1 aromatic heterocycles. The van der Waals surface area contributed by atoms with Gasteiger partial charge in [0, 0.05) is 50.8 Å². The second-order valence-corrected chi connectivity index (χ2v) is 8.94. The van der Waals surface area contributed by atoms with Crippen LogP contribution in [-0.2, 0) is 14.3 Å². The highest BCUT2D eigenvalue weighted by atomic mass is 19.1. The first-order valence-corrected chi connectivity index (χ1v) is 11.7. The number of esters is 3. The highest BCUT2D eigenvalue weighted by molar-refractivity contribution is 6.00. The summed E-state index contributed by atoms with van der Waals surface area (Å²) in [6, 6.07) is 5.86. The van der Waals surface area contributed by atoms with Gasteiger partial charge in [-0.1, -0.05) is 0 Å². The Hall–Kier alpha value is -4.16. The monoisotopic (exact) mass is 529 g/mol. The van der Waals surface area contributed by atoms with Crippen LogP contribution in [0.5, 0.6) is 5.75 Å². The average Bonchev–Trinajstić information content (AvgIpc) is 2.85. The van der Waals surface area contributed by atoms with Gasteiger partial charge >= 0.3 is 17.9 Å². The van der Waals surface area contributed by atoms with Gasteiger partial charge in [-0.15, -0.1) is 0 Å². The number of fused-ring (bicyclic) bond motifs is 1. The lowest BCUT2D eigenvalue weighted by atomic mass is 10.1. The van der Waals surface area contributed by atoms with Gasteiger partial charge in [0.25, 0.3) is 0 Å². The molecule has 3 aromatic rings. The maximum absolute atomic E-state index is 15.3. The van der Waals surface area contributed by atoms with Crippen molar-refractivity contribution < 1.29 is 37.7 Å². The maximum Gasteiger partial charge on any atom is 0.351 e. The van der Waals surface area contributed by atoms with Crippen molar-refractivity contribution in [3.05, 3.63) is 63.9 Å². The number of nitrogens with zero attached hydrogens (tertiary/aromatic N) is 3. The van der Waals surface area contributed by atoms with Crippen LogP contribution in [0.3, 0.4) is 0 Å². The molecule has 1 saturated heterocycles. The number of halogens is 2. The van der Waals surface area contributed by atoms with Gasteiger partial charge in [0.15, 0.2) is 5.82 Å². The molecule has 0 amide bonds. The lowest BCUT2D eigenvalue weighted by Gasteiger charge is -2.34. The minimum Gasteiger partial charge on any atom is -0.427 e. The summed E-state index contributed by atoms with van der Waals surface area (Å²) < 4.78 is 41.2. The Labute approximate surface area is 215 Å². The molecule has 0 saturated carbocycles. The van der Waals surface area contributed by atoms with Gasteiger partial charge in [0.2, 0.25) is 5.43 Å². The first-order chi connectivity index (χ1) is 18.0. The predicted molar refractivity (Wildman–Crippen MR) is 133 cm³/mol. The molecule has 1 aliphatic rings. The van der Waals surface area contributed by atoms with E-state index in [1.807, 2.05) is 7.05 Å². The van der Waals surface area contributed by atoms with Crippen molar-refractivity contribution in [2.45, 2.75) is 20.0 Å². The predicted octanol–water partition coefficient (Wildman–Crippen LogP) is 2.01. The smallest absolute Gasteiger partial charge is 0.351 e. The number of carbonyl (C=O) groups excluding carboxylic acids is 3. The quantitative estimate of drug-likeness (QED) is 0.301. The molecule has 0 bridgehead atoms. The van der Waals surface area contributed by atoms with Gasteiger partial charge in [-0.2, -0.15) is 0 Å². The Morgan fingerprint density at radius 2 is 1.66 bits per heavy atom. The Morgan fingerprint density at radius 1 is 1.00 bits per heavy atom. The fourth-order valence-corrected chi connectivity index (χ4v) is 4.11. The summed E-state index contributed by atoms with van der Waals surface area (Å²) in [6.45, 7) is 4.61. The average molecular weight is 529 g/mol. The number of aliphatic hydroxyl groups is 1. The summed E-state index contributed by atoms with van der Waals surface area (Å²) in [6.07, 6.45) is -0.658. The van der Waals surface area contributed by atoms with Crippen LogP contribution in [0.1, 0.15) is 24.2 Å². The molecule has 2 aromatic carbocycles. The molecule has 1 fully saturated rings. The molecule has 0 aliphatic carbocycles. The number of aromatic nitrogens is 1. The summed E-state index contributed by atoms with van der Waals surface area (Å²) in [5.41, 5.74) is -1.50. The van der Waals surface area contributed by atoms with E-state index in [0.29, 0.717) is 26.2 Å². The van der Waals surface area contributed by atoms with Crippen LogP contribution in [0.2, 0.25) is 0 Å². The molecule has 1 aliphatic heterocycles. The maximum atomic E-state index is 15.3. The van der Waals surface area contributed by atoms with Crippen molar-refractivity contribution in [1.82, 2.24) is 9.47 Å². The molecule has 4 rings (SSSR count). The Morgan fingerprint density at radius 3 is 2.26 bits per heavy atom. The van der Waals surface area contributed by atoms with Crippen molar-refractivity contribution in [1.29, 1.82) is 0 Å². The van der Waals surface area contributed by atoms with E-state index in [4.69, 9.17) is 4.74 Å². The Kier molecular flexibility index (Phi) is 7.56. The molecule has 12 heteroatoms. The van der Waals surface area contributed by atoms with Crippen LogP contribution in [-0.4, -0.2) is 71.8 Å². The van der Waals surface area contributed by atoms with Crippen molar-refractivity contribution in [2.24, 2.45) is 0 Å². The molecule has 38 heavy (non-hydrogen) atoms. The molecule has 2 heterocycles. The Bertz CT molecular complexity index is 1490. The van der Waals surface area contributed by atoms with Crippen LogP contribution in [0.4, 0.5) is 14.5 Å². The van der Waals surface area contributed by atoms with Gasteiger partial charge in [0.05, 0.1) is 16.9 Å². The summed E-state index contributed by atoms with van der Waals surface area (Å²) in [4.78, 5) is 52.8. The number of benzene rings is 2. The van der Waals surface area contributed by atoms with E-state index in [0.717, 1.165) is 36.7 Å². The highest BCUT2D eigenvalue weighted by Crippen LogP contribution is 2.29. The highest BCUT2D eigenvalue weighted by Gasteiger charge is 2.25. The first-order valence-electron chi connectivity index (χ1n) is 11.7. The minimum absolute atomic E-state index is 0.0737. The number of rotatable bonds is 5. The lowest BCUT2D eigenvalue weighted by molar-refractivity contribution is -0.146. The third kappa shape index (κ3) is 5.41. The van der Waals surface area contributed by atoms with Crippen molar-refractivity contribution in [2.75, 3.05) is 38.1 Å². The SMILES string of the molecule is CC(=O)Oc1ccc(-n2cc(C(=O)OC(=O)C(C)O)c(=O)c3cc(F)c(N4CCN(C)CC4)cc32)c(F)c1. The van der Waals surface area contributed by atoms with Gasteiger partial charge in [-0.25, -0.2) is 18.4 Å². The number of pyridine rings is 1. The summed E-state index contributed by atoms with van der Waals surface area (Å²) in [5.74, 6) is -5.02. The van der Waals surface area contributed by atoms with E-state index in [9.17, 15) is 24.3 Å². The number of hydrogen-bond donors (Lipinski definition) is 1. The lowest BCUT2D eigenvalue weighted by Crippen LogP contribution is -2.44. The van der Waals surface area contributed by atoms with Crippen LogP contribution in [0.15, 0.2) is 41.3 Å². The molecule has 0 radical (unpaired) electrons. The number of aliphatic hydroxyl groups excluding tert-OH is 1. The number of hydrogen-bond acceptors (Lipinski definition) is 9. The summed E-state index contributed by atoms with van der Waals surface area (Å²) in [7, 11) is 1.94. The standard InChI is InChI=1S/C26H25F2N3O7/c1-14(32)25(35)38-26(36)18-13-31(21-5-4-16(10-19(21)27)37-15(2)33)22-12-23(20(28)11-17(22)24(18)34)30-8-6-29(3)7-9-30/h4-5,10-14,32H,6-9H2,1-3H3. The van der Waals surface area contributed by atoms with E-state index in [1.165, 1.54) is 18.2 Å². The number of likely N-dealkylation sites (N-methyl/N-ethyl adjacent to an activating group) is 1. The molecule has 1 N–H and O–H groups in total. The molecule has 1 atom stereocenters. The van der Waals surface area contributed by atoms with Gasteiger partial charge in [-0.05, 0) is 38.2 Å². The fourth-order valence-electron chi connectivity index (χ4n) is 4.11. The number of carbonyl (C=O) groups is 3. The second kappa shape index (κ2) is 10.7. The topological polar surface area (TPSA) is 118 Å². The molecule has 200 valence electrons. The molecular weight excluding hydrogens is 504 g/mol. The summed E-state index contributed by atoms with van der Waals surface area (Å²) >= 11 is 0. The zero-order valence-corrected chi connectivity index (χ0v) is 20.9. The van der Waals surface area contributed by atoms with E-state index < -0.39 is 46.6 Å². The Balaban J connectivity index is 1.93. The van der Waals surface area contributed by atoms with Crippen LogP contribution < -0.4 is 15.1 Å². The van der Waals surface area contributed by atoms with Crippen molar-refractivity contribution in [3.63, 3.8) is 0 Å². The van der Waals surface area contributed by atoms with E-state index in [-0.39, 0.29) is 28.0 Å². The fraction of sp³-hybridized carbons (Fsp3) is 0.308. The normalized spacial score (nSPS) is 14.8.